The van der Waals surface area contributed by atoms with Crippen molar-refractivity contribution in [3.63, 3.8) is 0 Å². The Bertz CT molecular complexity index is 512. The number of benzene rings is 1. The highest BCUT2D eigenvalue weighted by atomic mass is 19.1. The summed E-state index contributed by atoms with van der Waals surface area (Å²) >= 11 is 0. The predicted octanol–water partition coefficient (Wildman–Crippen LogP) is 1.91. The highest BCUT2D eigenvalue weighted by molar-refractivity contribution is 5.80. The van der Waals surface area contributed by atoms with Gasteiger partial charge >= 0.3 is 5.97 Å². The molecule has 4 heteroatoms. The Morgan fingerprint density at radius 1 is 1.59 bits per heavy atom. The average molecular weight is 236 g/mol. The minimum Gasteiger partial charge on any atom is -0.505 e. The summed E-state index contributed by atoms with van der Waals surface area (Å²) in [5, 5.41) is 9.43. The van der Waals surface area contributed by atoms with Gasteiger partial charge in [-0.2, -0.15) is 0 Å². The number of rotatable bonds is 1. The van der Waals surface area contributed by atoms with Crippen LogP contribution in [0.15, 0.2) is 12.1 Å². The van der Waals surface area contributed by atoms with Crippen molar-refractivity contribution in [2.24, 2.45) is 5.92 Å². The molecule has 0 unspecified atom stereocenters. The van der Waals surface area contributed by atoms with Gasteiger partial charge in [-0.25, -0.2) is 4.39 Å². The van der Waals surface area contributed by atoms with E-state index in [4.69, 9.17) is 4.74 Å². The standard InChI is InChI=1S/C13H13FO3/c1-17-12(16)8-6-13(8)5-4-7-2-3-9(15)11(14)10(7)13/h2-3,8,15H,4-6H2,1H3/t8-,13+/m1/s1. The van der Waals surface area contributed by atoms with Crippen molar-refractivity contribution in [3.05, 3.63) is 29.1 Å². The summed E-state index contributed by atoms with van der Waals surface area (Å²) in [6.07, 6.45) is 2.16. The topological polar surface area (TPSA) is 46.5 Å². The van der Waals surface area contributed by atoms with Crippen LogP contribution < -0.4 is 0 Å². The summed E-state index contributed by atoms with van der Waals surface area (Å²) in [5.41, 5.74) is 1.03. The molecule has 0 saturated heterocycles. The van der Waals surface area contributed by atoms with E-state index in [0.29, 0.717) is 12.0 Å². The summed E-state index contributed by atoms with van der Waals surface area (Å²) in [6.45, 7) is 0. The second kappa shape index (κ2) is 3.22. The van der Waals surface area contributed by atoms with Crippen LogP contribution in [-0.4, -0.2) is 18.2 Å². The summed E-state index contributed by atoms with van der Waals surface area (Å²) in [5.74, 6) is -1.42. The number of phenols is 1. The Morgan fingerprint density at radius 3 is 3.06 bits per heavy atom. The van der Waals surface area contributed by atoms with Crippen LogP contribution in [0.5, 0.6) is 5.75 Å². The van der Waals surface area contributed by atoms with Gasteiger partial charge in [-0.3, -0.25) is 4.79 Å². The van der Waals surface area contributed by atoms with Crippen molar-refractivity contribution >= 4 is 5.97 Å². The fourth-order valence-corrected chi connectivity index (χ4v) is 3.14. The van der Waals surface area contributed by atoms with Gasteiger partial charge in [-0.1, -0.05) is 6.07 Å². The van der Waals surface area contributed by atoms with Crippen LogP contribution in [0.4, 0.5) is 4.39 Å². The lowest BCUT2D eigenvalue weighted by molar-refractivity contribution is -0.142. The molecule has 0 bridgehead atoms. The zero-order chi connectivity index (χ0) is 12.2. The molecule has 1 aromatic rings. The van der Waals surface area contributed by atoms with E-state index in [1.165, 1.54) is 13.2 Å². The number of ether oxygens (including phenoxy) is 1. The van der Waals surface area contributed by atoms with Crippen molar-refractivity contribution in [1.29, 1.82) is 0 Å². The fourth-order valence-electron chi connectivity index (χ4n) is 3.14. The summed E-state index contributed by atoms with van der Waals surface area (Å²) < 4.78 is 18.7. The molecule has 2 aliphatic carbocycles. The van der Waals surface area contributed by atoms with E-state index in [-0.39, 0.29) is 17.6 Å². The lowest BCUT2D eigenvalue weighted by atomic mass is 9.94. The van der Waals surface area contributed by atoms with Gasteiger partial charge in [-0.15, -0.1) is 0 Å². The van der Waals surface area contributed by atoms with Crippen LogP contribution >= 0.6 is 0 Å². The van der Waals surface area contributed by atoms with Crippen molar-refractivity contribution in [2.75, 3.05) is 7.11 Å². The summed E-state index contributed by atoms with van der Waals surface area (Å²) in [6, 6.07) is 3.12. The van der Waals surface area contributed by atoms with E-state index in [1.54, 1.807) is 6.07 Å². The minimum atomic E-state index is -0.564. The van der Waals surface area contributed by atoms with Crippen LogP contribution in [0.2, 0.25) is 0 Å². The second-order valence-corrected chi connectivity index (χ2v) is 4.87. The number of phenolic OH excluding ortho intramolecular Hbond substituents is 1. The molecule has 0 amide bonds. The van der Waals surface area contributed by atoms with Gasteiger partial charge in [0.1, 0.15) is 0 Å². The molecule has 0 heterocycles. The Kier molecular flexibility index (Phi) is 2.00. The van der Waals surface area contributed by atoms with E-state index in [1.807, 2.05) is 0 Å². The van der Waals surface area contributed by atoms with Gasteiger partial charge in [-0.05, 0) is 30.9 Å². The molecule has 1 N–H and O–H groups in total. The number of methoxy groups -OCH3 is 1. The summed E-state index contributed by atoms with van der Waals surface area (Å²) in [4.78, 5) is 11.5. The van der Waals surface area contributed by atoms with Crippen LogP contribution in [-0.2, 0) is 21.4 Å². The molecule has 1 spiro atoms. The first-order valence-electron chi connectivity index (χ1n) is 5.69. The second-order valence-electron chi connectivity index (χ2n) is 4.87. The molecule has 2 atom stereocenters. The molecule has 1 saturated carbocycles. The maximum Gasteiger partial charge on any atom is 0.309 e. The number of hydrogen-bond donors (Lipinski definition) is 1. The minimum absolute atomic E-state index is 0.245. The van der Waals surface area contributed by atoms with E-state index >= 15 is 0 Å². The van der Waals surface area contributed by atoms with Gasteiger partial charge in [0.2, 0.25) is 0 Å². The number of aryl methyl sites for hydroxylation is 1. The monoisotopic (exact) mass is 236 g/mol. The molecule has 0 aromatic heterocycles. The maximum atomic E-state index is 14.0. The van der Waals surface area contributed by atoms with Gasteiger partial charge < -0.3 is 9.84 Å². The molecule has 3 rings (SSSR count). The molecular formula is C13H13FO3. The molecule has 0 radical (unpaired) electrons. The Balaban J connectivity index is 2.06. The van der Waals surface area contributed by atoms with Gasteiger partial charge in [0, 0.05) is 11.0 Å². The third-order valence-electron chi connectivity index (χ3n) is 4.11. The largest absolute Gasteiger partial charge is 0.505 e. The predicted molar refractivity (Wildman–Crippen MR) is 58.2 cm³/mol. The van der Waals surface area contributed by atoms with Crippen LogP contribution in [0, 0.1) is 11.7 Å². The Labute approximate surface area is 98.2 Å². The first-order chi connectivity index (χ1) is 8.10. The number of carbonyl (C=O) groups is 1. The lowest BCUT2D eigenvalue weighted by Crippen LogP contribution is -2.15. The number of hydrogen-bond acceptors (Lipinski definition) is 3. The van der Waals surface area contributed by atoms with E-state index < -0.39 is 11.2 Å². The molecule has 2 aliphatic rings. The first-order valence-corrected chi connectivity index (χ1v) is 5.69. The average Bonchev–Trinajstić information content (AvgIpc) is 2.92. The fraction of sp³-hybridized carbons (Fsp3) is 0.462. The van der Waals surface area contributed by atoms with Crippen molar-refractivity contribution in [3.8, 4) is 5.75 Å². The third kappa shape index (κ3) is 1.24. The van der Waals surface area contributed by atoms with E-state index in [0.717, 1.165) is 18.4 Å². The van der Waals surface area contributed by atoms with E-state index in [2.05, 4.69) is 0 Å². The number of aromatic hydroxyl groups is 1. The van der Waals surface area contributed by atoms with Gasteiger partial charge in [0.05, 0.1) is 13.0 Å². The van der Waals surface area contributed by atoms with Gasteiger partial charge in [0.25, 0.3) is 0 Å². The number of halogens is 1. The number of esters is 1. The Hall–Kier alpha value is -1.58. The molecule has 17 heavy (non-hydrogen) atoms. The molecule has 3 nitrogen and oxygen atoms in total. The molecular weight excluding hydrogens is 223 g/mol. The molecule has 0 aliphatic heterocycles. The highest BCUT2D eigenvalue weighted by Gasteiger charge is 2.63. The van der Waals surface area contributed by atoms with Crippen LogP contribution in [0.25, 0.3) is 0 Å². The van der Waals surface area contributed by atoms with Gasteiger partial charge in [0.15, 0.2) is 11.6 Å². The lowest BCUT2D eigenvalue weighted by Gasteiger charge is -2.12. The molecule has 1 aromatic carbocycles. The maximum absolute atomic E-state index is 14.0. The SMILES string of the molecule is COC(=O)[C@H]1C[C@@]12CCc1ccc(O)c(F)c12. The van der Waals surface area contributed by atoms with Crippen molar-refractivity contribution in [2.45, 2.75) is 24.7 Å². The first kappa shape index (κ1) is 10.6. The highest BCUT2D eigenvalue weighted by Crippen LogP contribution is 2.63. The zero-order valence-corrected chi connectivity index (χ0v) is 9.50. The number of carbonyl (C=O) groups excluding carboxylic acids is 1. The summed E-state index contributed by atoms with van der Waals surface area (Å²) in [7, 11) is 1.35. The zero-order valence-electron chi connectivity index (χ0n) is 9.50. The molecule has 90 valence electrons. The van der Waals surface area contributed by atoms with Crippen LogP contribution in [0.1, 0.15) is 24.0 Å². The smallest absolute Gasteiger partial charge is 0.309 e. The van der Waals surface area contributed by atoms with Crippen molar-refractivity contribution < 1.29 is 19.0 Å². The van der Waals surface area contributed by atoms with Crippen molar-refractivity contribution in [1.82, 2.24) is 0 Å². The molecule has 1 fully saturated rings. The normalized spacial score (nSPS) is 29.2. The number of fused-ring (bicyclic) bond motifs is 2. The Morgan fingerprint density at radius 2 is 2.35 bits per heavy atom. The third-order valence-corrected chi connectivity index (χ3v) is 4.11. The van der Waals surface area contributed by atoms with E-state index in [9.17, 15) is 14.3 Å². The van der Waals surface area contributed by atoms with Crippen LogP contribution in [0.3, 0.4) is 0 Å². The quantitative estimate of drug-likeness (QED) is 0.757.